The molecule has 1 N–H and O–H groups in total. The lowest BCUT2D eigenvalue weighted by molar-refractivity contribution is 0.0682. The van der Waals surface area contributed by atoms with Crippen molar-refractivity contribution in [3.63, 3.8) is 0 Å². The number of hydrogen-bond acceptors (Lipinski definition) is 2. The average molecular weight is 392 g/mol. The maximum absolute atomic E-state index is 12.5. The van der Waals surface area contributed by atoms with E-state index in [-0.39, 0.29) is 0 Å². The standard InChI is InChI=1S/C8H5BrF2INO2/c9-2-5-4(12)1-3(8(14)15)6(13-5)7(10)11/h1,7H,2H2,(H,14,15). The van der Waals surface area contributed by atoms with Gasteiger partial charge >= 0.3 is 5.97 Å². The van der Waals surface area contributed by atoms with Crippen LogP contribution < -0.4 is 0 Å². The Morgan fingerprint density at radius 1 is 1.67 bits per heavy atom. The van der Waals surface area contributed by atoms with Gasteiger partial charge in [-0.1, -0.05) is 15.9 Å². The maximum atomic E-state index is 12.5. The zero-order valence-electron chi connectivity index (χ0n) is 7.18. The number of nitrogens with zero attached hydrogens (tertiary/aromatic N) is 1. The van der Waals surface area contributed by atoms with E-state index < -0.39 is 23.7 Å². The molecule has 0 aliphatic carbocycles. The summed E-state index contributed by atoms with van der Waals surface area (Å²) in [5.74, 6) is -1.39. The number of alkyl halides is 3. The molecule has 0 aliphatic rings. The van der Waals surface area contributed by atoms with Crippen LogP contribution in [0, 0.1) is 3.57 Å². The minimum atomic E-state index is -2.88. The van der Waals surface area contributed by atoms with E-state index in [0.29, 0.717) is 14.6 Å². The summed E-state index contributed by atoms with van der Waals surface area (Å²) in [6.07, 6.45) is -2.88. The van der Waals surface area contributed by atoms with E-state index >= 15 is 0 Å². The number of hydrogen-bond donors (Lipinski definition) is 1. The Labute approximate surface area is 106 Å². The molecule has 0 bridgehead atoms. The Morgan fingerprint density at radius 3 is 2.67 bits per heavy atom. The molecule has 15 heavy (non-hydrogen) atoms. The third-order valence-corrected chi connectivity index (χ3v) is 3.11. The largest absolute Gasteiger partial charge is 0.478 e. The van der Waals surface area contributed by atoms with Crippen LogP contribution >= 0.6 is 38.5 Å². The van der Waals surface area contributed by atoms with E-state index in [9.17, 15) is 13.6 Å². The van der Waals surface area contributed by atoms with Crippen molar-refractivity contribution in [2.24, 2.45) is 0 Å². The summed E-state index contributed by atoms with van der Waals surface area (Å²) in [7, 11) is 0. The molecule has 0 unspecified atom stereocenters. The van der Waals surface area contributed by atoms with Gasteiger partial charge in [-0.3, -0.25) is 0 Å². The van der Waals surface area contributed by atoms with Crippen molar-refractivity contribution < 1.29 is 18.7 Å². The lowest BCUT2D eigenvalue weighted by atomic mass is 10.2. The molecule has 0 fully saturated rings. The van der Waals surface area contributed by atoms with Crippen LogP contribution in [0.3, 0.4) is 0 Å². The average Bonchev–Trinajstić information content (AvgIpc) is 2.16. The van der Waals surface area contributed by atoms with Crippen LogP contribution in [0.1, 0.15) is 28.2 Å². The van der Waals surface area contributed by atoms with Crippen molar-refractivity contribution in [2.75, 3.05) is 0 Å². The Bertz CT molecular complexity index is 400. The SMILES string of the molecule is O=C(O)c1cc(I)c(CBr)nc1C(F)F. The molecule has 7 heteroatoms. The monoisotopic (exact) mass is 391 g/mol. The third-order valence-electron chi connectivity index (χ3n) is 1.64. The second kappa shape index (κ2) is 5.15. The second-order valence-corrected chi connectivity index (χ2v) is 4.31. The molecule has 0 amide bonds. The van der Waals surface area contributed by atoms with E-state index in [2.05, 4.69) is 20.9 Å². The van der Waals surface area contributed by atoms with E-state index in [1.54, 1.807) is 0 Å². The highest BCUT2D eigenvalue weighted by molar-refractivity contribution is 14.1. The molecule has 0 saturated heterocycles. The molecule has 1 aromatic heterocycles. The number of aromatic nitrogens is 1. The van der Waals surface area contributed by atoms with Crippen LogP contribution in [0.15, 0.2) is 6.07 Å². The van der Waals surface area contributed by atoms with Crippen molar-refractivity contribution in [1.29, 1.82) is 0 Å². The van der Waals surface area contributed by atoms with E-state index in [1.807, 2.05) is 22.6 Å². The molecule has 3 nitrogen and oxygen atoms in total. The quantitative estimate of drug-likeness (QED) is 0.635. The topological polar surface area (TPSA) is 50.2 Å². The molecule has 0 atom stereocenters. The first-order valence-electron chi connectivity index (χ1n) is 3.74. The summed E-state index contributed by atoms with van der Waals surface area (Å²) in [5.41, 5.74) is -0.715. The summed E-state index contributed by atoms with van der Waals surface area (Å²) in [6.45, 7) is 0. The van der Waals surface area contributed by atoms with Gasteiger partial charge < -0.3 is 5.11 Å². The van der Waals surface area contributed by atoms with Gasteiger partial charge in [0.05, 0.1) is 11.3 Å². The van der Waals surface area contributed by atoms with Crippen LogP contribution in [0.4, 0.5) is 8.78 Å². The molecular weight excluding hydrogens is 387 g/mol. The summed E-state index contributed by atoms with van der Waals surface area (Å²) in [6, 6.07) is 1.20. The summed E-state index contributed by atoms with van der Waals surface area (Å²) >= 11 is 4.95. The number of rotatable bonds is 3. The molecule has 1 rings (SSSR count). The fraction of sp³-hybridized carbons (Fsp3) is 0.250. The highest BCUT2D eigenvalue weighted by atomic mass is 127. The number of pyridine rings is 1. The molecule has 82 valence electrons. The van der Waals surface area contributed by atoms with Crippen molar-refractivity contribution in [1.82, 2.24) is 4.98 Å². The molecule has 1 aromatic rings. The van der Waals surface area contributed by atoms with Gasteiger partial charge in [0, 0.05) is 8.90 Å². The van der Waals surface area contributed by atoms with Crippen LogP contribution in [0.2, 0.25) is 0 Å². The minimum Gasteiger partial charge on any atom is -0.478 e. The summed E-state index contributed by atoms with van der Waals surface area (Å²) < 4.78 is 25.5. The first kappa shape index (κ1) is 12.8. The van der Waals surface area contributed by atoms with Gasteiger partial charge in [0.2, 0.25) is 0 Å². The minimum absolute atomic E-state index is 0.310. The Balaban J connectivity index is 3.38. The molecule has 1 heterocycles. The second-order valence-electron chi connectivity index (χ2n) is 2.59. The maximum Gasteiger partial charge on any atom is 0.337 e. The van der Waals surface area contributed by atoms with Gasteiger partial charge in [-0.2, -0.15) is 0 Å². The van der Waals surface area contributed by atoms with Crippen molar-refractivity contribution in [2.45, 2.75) is 11.8 Å². The number of aromatic carboxylic acids is 1. The van der Waals surface area contributed by atoms with Gasteiger partial charge in [-0.15, -0.1) is 0 Å². The third kappa shape index (κ3) is 2.83. The smallest absolute Gasteiger partial charge is 0.337 e. The predicted molar refractivity (Wildman–Crippen MR) is 61.5 cm³/mol. The Hall–Kier alpha value is -0.310. The number of carbonyl (C=O) groups is 1. The van der Waals surface area contributed by atoms with E-state index in [4.69, 9.17) is 5.11 Å². The number of halogens is 4. The Kier molecular flexibility index (Phi) is 4.38. The lowest BCUT2D eigenvalue weighted by Crippen LogP contribution is -2.08. The van der Waals surface area contributed by atoms with E-state index in [1.165, 1.54) is 6.07 Å². The highest BCUT2D eigenvalue weighted by Crippen LogP contribution is 2.25. The molecule has 0 aliphatic heterocycles. The number of carboxylic acid groups (broad SMARTS) is 1. The van der Waals surface area contributed by atoms with Crippen LogP contribution in [0.5, 0.6) is 0 Å². The van der Waals surface area contributed by atoms with Gasteiger partial charge in [-0.25, -0.2) is 18.6 Å². The first-order valence-corrected chi connectivity index (χ1v) is 5.94. The van der Waals surface area contributed by atoms with Crippen molar-refractivity contribution in [3.05, 3.63) is 26.6 Å². The zero-order chi connectivity index (χ0) is 11.6. The zero-order valence-corrected chi connectivity index (χ0v) is 10.9. The van der Waals surface area contributed by atoms with Crippen molar-refractivity contribution >= 4 is 44.5 Å². The fourth-order valence-corrected chi connectivity index (χ4v) is 2.55. The van der Waals surface area contributed by atoms with Gasteiger partial charge in [-0.05, 0) is 28.7 Å². The molecule has 0 radical (unpaired) electrons. The van der Waals surface area contributed by atoms with Crippen molar-refractivity contribution in [3.8, 4) is 0 Å². The van der Waals surface area contributed by atoms with Gasteiger partial charge in [0.1, 0.15) is 5.69 Å². The molecular formula is C8H5BrF2INO2. The number of carboxylic acids is 1. The van der Waals surface area contributed by atoms with Crippen LogP contribution in [-0.4, -0.2) is 16.1 Å². The molecule has 0 saturated carbocycles. The lowest BCUT2D eigenvalue weighted by Gasteiger charge is -2.07. The van der Waals surface area contributed by atoms with Gasteiger partial charge in [0.15, 0.2) is 0 Å². The predicted octanol–water partition coefficient (Wildman–Crippen LogP) is 3.22. The molecule has 0 aromatic carbocycles. The molecule has 0 spiro atoms. The summed E-state index contributed by atoms with van der Waals surface area (Å²) in [4.78, 5) is 14.3. The van der Waals surface area contributed by atoms with E-state index in [0.717, 1.165) is 0 Å². The summed E-state index contributed by atoms with van der Waals surface area (Å²) in [5, 5.41) is 9.02. The Morgan fingerprint density at radius 2 is 2.27 bits per heavy atom. The fourth-order valence-electron chi connectivity index (χ4n) is 0.974. The first-order chi connectivity index (χ1) is 6.97. The van der Waals surface area contributed by atoms with Gasteiger partial charge in [0.25, 0.3) is 6.43 Å². The normalized spacial score (nSPS) is 10.7. The highest BCUT2D eigenvalue weighted by Gasteiger charge is 2.21. The van der Waals surface area contributed by atoms with Crippen LogP contribution in [-0.2, 0) is 5.33 Å². The van der Waals surface area contributed by atoms with Crippen LogP contribution in [0.25, 0.3) is 0 Å².